The Hall–Kier alpha value is -1.82. The summed E-state index contributed by atoms with van der Waals surface area (Å²) in [5.41, 5.74) is 1.99. The van der Waals surface area contributed by atoms with Crippen molar-refractivity contribution in [2.24, 2.45) is 0 Å². The van der Waals surface area contributed by atoms with Crippen molar-refractivity contribution in [1.82, 2.24) is 10.6 Å². The van der Waals surface area contributed by atoms with Crippen LogP contribution in [-0.2, 0) is 10.5 Å². The van der Waals surface area contributed by atoms with E-state index in [0.29, 0.717) is 18.7 Å². The number of carbonyl (C=O) groups is 1. The van der Waals surface area contributed by atoms with Crippen LogP contribution in [0.15, 0.2) is 59.5 Å². The van der Waals surface area contributed by atoms with Crippen molar-refractivity contribution in [2.75, 3.05) is 33.4 Å². The molecular formula is C19H24N2O2S. The van der Waals surface area contributed by atoms with Gasteiger partial charge < -0.3 is 15.4 Å². The van der Waals surface area contributed by atoms with E-state index in [1.54, 1.807) is 18.9 Å². The normalized spacial score (nSPS) is 10.5. The maximum atomic E-state index is 12.1. The van der Waals surface area contributed by atoms with Gasteiger partial charge in [-0.25, -0.2) is 0 Å². The molecule has 0 fully saturated rings. The van der Waals surface area contributed by atoms with E-state index in [2.05, 4.69) is 22.8 Å². The van der Waals surface area contributed by atoms with Gasteiger partial charge in [0.2, 0.25) is 0 Å². The molecular weight excluding hydrogens is 320 g/mol. The molecule has 0 saturated heterocycles. The Kier molecular flexibility index (Phi) is 8.38. The van der Waals surface area contributed by atoms with Crippen LogP contribution in [0.4, 0.5) is 0 Å². The zero-order valence-electron chi connectivity index (χ0n) is 14.0. The predicted octanol–water partition coefficient (Wildman–Crippen LogP) is 2.94. The number of carbonyl (C=O) groups excluding carboxylic acids is 1. The first kappa shape index (κ1) is 18.5. The predicted molar refractivity (Wildman–Crippen MR) is 99.5 cm³/mol. The van der Waals surface area contributed by atoms with Gasteiger partial charge in [0.1, 0.15) is 0 Å². The summed E-state index contributed by atoms with van der Waals surface area (Å²) >= 11 is 1.77. The van der Waals surface area contributed by atoms with E-state index in [1.807, 2.05) is 42.5 Å². The molecule has 1 amide bonds. The summed E-state index contributed by atoms with van der Waals surface area (Å²) in [4.78, 5) is 13.2. The fourth-order valence-electron chi connectivity index (χ4n) is 2.11. The molecule has 0 bridgehead atoms. The minimum Gasteiger partial charge on any atom is -0.383 e. The van der Waals surface area contributed by atoms with Crippen molar-refractivity contribution >= 4 is 17.7 Å². The third-order valence-electron chi connectivity index (χ3n) is 3.44. The van der Waals surface area contributed by atoms with Gasteiger partial charge in [0.25, 0.3) is 5.91 Å². The van der Waals surface area contributed by atoms with E-state index in [1.165, 1.54) is 5.56 Å². The highest BCUT2D eigenvalue weighted by atomic mass is 32.2. The van der Waals surface area contributed by atoms with Gasteiger partial charge in [-0.3, -0.25) is 4.79 Å². The summed E-state index contributed by atoms with van der Waals surface area (Å²) in [5, 5.41) is 6.10. The average molecular weight is 344 g/mol. The Morgan fingerprint density at radius 2 is 1.75 bits per heavy atom. The number of nitrogens with one attached hydrogen (secondary N) is 2. The zero-order chi connectivity index (χ0) is 17.0. The molecule has 0 heterocycles. The van der Waals surface area contributed by atoms with Crippen LogP contribution in [0.3, 0.4) is 0 Å². The zero-order valence-corrected chi connectivity index (χ0v) is 14.8. The van der Waals surface area contributed by atoms with Gasteiger partial charge in [0.15, 0.2) is 0 Å². The highest BCUT2D eigenvalue weighted by molar-refractivity contribution is 7.98. The number of rotatable bonds is 10. The molecule has 128 valence electrons. The fraction of sp³-hybridized carbons (Fsp3) is 0.316. The topological polar surface area (TPSA) is 50.4 Å². The molecule has 4 nitrogen and oxygen atoms in total. The summed E-state index contributed by atoms with van der Waals surface area (Å²) in [6, 6.07) is 18.1. The SMILES string of the molecule is COCCNCCNC(=O)c1ccc(SCc2ccccc2)cc1. The van der Waals surface area contributed by atoms with Gasteiger partial charge >= 0.3 is 0 Å². The number of hydrogen-bond acceptors (Lipinski definition) is 4. The quantitative estimate of drug-likeness (QED) is 0.514. The highest BCUT2D eigenvalue weighted by Crippen LogP contribution is 2.22. The Balaban J connectivity index is 1.71. The second-order valence-electron chi connectivity index (χ2n) is 5.30. The van der Waals surface area contributed by atoms with Gasteiger partial charge in [-0.05, 0) is 29.8 Å². The minimum atomic E-state index is -0.0387. The molecule has 0 aliphatic heterocycles. The summed E-state index contributed by atoms with van der Waals surface area (Å²) in [6.07, 6.45) is 0. The van der Waals surface area contributed by atoms with Crippen molar-refractivity contribution in [3.63, 3.8) is 0 Å². The molecule has 2 aromatic carbocycles. The van der Waals surface area contributed by atoms with Crippen molar-refractivity contribution in [2.45, 2.75) is 10.6 Å². The van der Waals surface area contributed by atoms with Crippen LogP contribution in [0.1, 0.15) is 15.9 Å². The first-order valence-electron chi connectivity index (χ1n) is 8.04. The van der Waals surface area contributed by atoms with Crippen molar-refractivity contribution in [3.05, 3.63) is 65.7 Å². The second kappa shape index (κ2) is 10.9. The fourth-order valence-corrected chi connectivity index (χ4v) is 2.96. The van der Waals surface area contributed by atoms with Crippen LogP contribution < -0.4 is 10.6 Å². The molecule has 0 aliphatic carbocycles. The number of benzene rings is 2. The second-order valence-corrected chi connectivity index (χ2v) is 6.35. The Morgan fingerprint density at radius 1 is 1.00 bits per heavy atom. The first-order valence-corrected chi connectivity index (χ1v) is 9.03. The monoisotopic (exact) mass is 344 g/mol. The van der Waals surface area contributed by atoms with Gasteiger partial charge in [-0.1, -0.05) is 30.3 Å². The molecule has 0 atom stereocenters. The summed E-state index contributed by atoms with van der Waals surface area (Å²) in [6.45, 7) is 2.81. The molecule has 0 aliphatic rings. The van der Waals surface area contributed by atoms with Crippen molar-refractivity contribution in [3.8, 4) is 0 Å². The molecule has 0 aromatic heterocycles. The van der Waals surface area contributed by atoms with E-state index < -0.39 is 0 Å². The molecule has 0 spiro atoms. The molecule has 0 saturated carbocycles. The van der Waals surface area contributed by atoms with Crippen LogP contribution >= 0.6 is 11.8 Å². The minimum absolute atomic E-state index is 0.0387. The number of thioether (sulfide) groups is 1. The third kappa shape index (κ3) is 6.74. The molecule has 2 rings (SSSR count). The summed E-state index contributed by atoms with van der Waals surface area (Å²) in [7, 11) is 1.67. The van der Waals surface area contributed by atoms with Crippen LogP contribution in [0.5, 0.6) is 0 Å². The molecule has 24 heavy (non-hydrogen) atoms. The standard InChI is InChI=1S/C19H24N2O2S/c1-23-14-13-20-11-12-21-19(22)17-7-9-18(10-8-17)24-15-16-5-3-2-4-6-16/h2-10,20H,11-15H2,1H3,(H,21,22). The van der Waals surface area contributed by atoms with E-state index in [0.717, 1.165) is 23.7 Å². The first-order chi connectivity index (χ1) is 11.8. The van der Waals surface area contributed by atoms with Gasteiger partial charge in [0.05, 0.1) is 6.61 Å². The Morgan fingerprint density at radius 3 is 2.46 bits per heavy atom. The van der Waals surface area contributed by atoms with Gasteiger partial charge in [-0.15, -0.1) is 11.8 Å². The maximum Gasteiger partial charge on any atom is 0.251 e. The van der Waals surface area contributed by atoms with E-state index in [4.69, 9.17) is 4.74 Å². The van der Waals surface area contributed by atoms with Crippen LogP contribution in [-0.4, -0.2) is 39.3 Å². The average Bonchev–Trinajstić information content (AvgIpc) is 2.64. The smallest absolute Gasteiger partial charge is 0.251 e. The molecule has 2 aromatic rings. The third-order valence-corrected chi connectivity index (χ3v) is 4.52. The Bertz CT molecular complexity index is 603. The Labute approximate surface area is 148 Å². The number of amides is 1. The molecule has 2 N–H and O–H groups in total. The lowest BCUT2D eigenvalue weighted by Crippen LogP contribution is -2.33. The van der Waals surface area contributed by atoms with Crippen LogP contribution in [0, 0.1) is 0 Å². The van der Waals surface area contributed by atoms with E-state index in [-0.39, 0.29) is 5.91 Å². The maximum absolute atomic E-state index is 12.1. The van der Waals surface area contributed by atoms with Crippen LogP contribution in [0.25, 0.3) is 0 Å². The largest absolute Gasteiger partial charge is 0.383 e. The van der Waals surface area contributed by atoms with Crippen molar-refractivity contribution in [1.29, 1.82) is 0 Å². The van der Waals surface area contributed by atoms with Gasteiger partial charge in [0, 0.05) is 43.0 Å². The lowest BCUT2D eigenvalue weighted by molar-refractivity contribution is 0.0953. The van der Waals surface area contributed by atoms with E-state index >= 15 is 0 Å². The summed E-state index contributed by atoms with van der Waals surface area (Å²) in [5.74, 6) is 0.891. The molecule has 5 heteroatoms. The van der Waals surface area contributed by atoms with Gasteiger partial charge in [-0.2, -0.15) is 0 Å². The lowest BCUT2D eigenvalue weighted by Gasteiger charge is -2.07. The summed E-state index contributed by atoms with van der Waals surface area (Å²) < 4.78 is 4.95. The molecule has 0 radical (unpaired) electrons. The molecule has 0 unspecified atom stereocenters. The van der Waals surface area contributed by atoms with E-state index in [9.17, 15) is 4.79 Å². The number of methoxy groups -OCH3 is 1. The highest BCUT2D eigenvalue weighted by Gasteiger charge is 2.04. The van der Waals surface area contributed by atoms with Crippen LogP contribution in [0.2, 0.25) is 0 Å². The number of ether oxygens (including phenoxy) is 1. The van der Waals surface area contributed by atoms with Crippen molar-refractivity contribution < 1.29 is 9.53 Å². The lowest BCUT2D eigenvalue weighted by atomic mass is 10.2. The number of hydrogen-bond donors (Lipinski definition) is 2.